The first-order chi connectivity index (χ1) is 7.72. The van der Waals surface area contributed by atoms with Gasteiger partial charge in [-0.05, 0) is 30.4 Å². The summed E-state index contributed by atoms with van der Waals surface area (Å²) < 4.78 is 0.943. The second-order valence-corrected chi connectivity index (χ2v) is 5.21. The molecule has 0 unspecified atom stereocenters. The molecule has 0 aromatic heterocycles. The molecule has 1 rings (SSSR count). The van der Waals surface area contributed by atoms with E-state index in [9.17, 15) is 4.79 Å². The van der Waals surface area contributed by atoms with Gasteiger partial charge >= 0.3 is 0 Å². The quantitative estimate of drug-likeness (QED) is 0.794. The number of carbonyl (C=O) groups excluding carboxylic acids is 1. The number of hydrogen-bond donors (Lipinski definition) is 2. The fourth-order valence-electron chi connectivity index (χ4n) is 1.09. The number of nitrogens with one attached hydrogen (secondary N) is 1. The van der Waals surface area contributed by atoms with E-state index in [1.807, 2.05) is 24.3 Å². The first kappa shape index (κ1) is 13.5. The lowest BCUT2D eigenvalue weighted by Crippen LogP contribution is -2.14. The molecular formula is C11H14BrNO2S. The van der Waals surface area contributed by atoms with Gasteiger partial charge in [0, 0.05) is 16.8 Å². The predicted molar refractivity (Wildman–Crippen MR) is 71.8 cm³/mol. The summed E-state index contributed by atoms with van der Waals surface area (Å²) in [5.74, 6) is 1.22. The first-order valence-electron chi connectivity index (χ1n) is 4.96. The lowest BCUT2D eigenvalue weighted by molar-refractivity contribution is -0.113. The van der Waals surface area contributed by atoms with E-state index in [0.717, 1.165) is 22.3 Å². The Labute approximate surface area is 108 Å². The average molecular weight is 304 g/mol. The van der Waals surface area contributed by atoms with Crippen LogP contribution in [-0.4, -0.2) is 29.1 Å². The Morgan fingerprint density at radius 1 is 1.50 bits per heavy atom. The highest BCUT2D eigenvalue weighted by Gasteiger charge is 2.02. The molecule has 16 heavy (non-hydrogen) atoms. The van der Waals surface area contributed by atoms with Crippen LogP contribution in [0.4, 0.5) is 5.69 Å². The van der Waals surface area contributed by atoms with Crippen molar-refractivity contribution in [3.63, 3.8) is 0 Å². The van der Waals surface area contributed by atoms with Crippen LogP contribution < -0.4 is 5.32 Å². The van der Waals surface area contributed by atoms with E-state index in [1.165, 1.54) is 11.8 Å². The zero-order valence-electron chi connectivity index (χ0n) is 8.78. The van der Waals surface area contributed by atoms with Crippen LogP contribution in [0.15, 0.2) is 28.7 Å². The van der Waals surface area contributed by atoms with Gasteiger partial charge in [0.15, 0.2) is 0 Å². The number of anilines is 1. The molecule has 0 bridgehead atoms. The highest BCUT2D eigenvalue weighted by Crippen LogP contribution is 2.15. The summed E-state index contributed by atoms with van der Waals surface area (Å²) in [5, 5.41) is 11.4. The van der Waals surface area contributed by atoms with Gasteiger partial charge in [0.25, 0.3) is 0 Å². The Bertz CT molecular complexity index is 347. The van der Waals surface area contributed by atoms with Crippen molar-refractivity contribution >= 4 is 39.3 Å². The molecule has 0 radical (unpaired) electrons. The maximum atomic E-state index is 11.5. The van der Waals surface area contributed by atoms with Crippen LogP contribution in [0.1, 0.15) is 6.42 Å². The van der Waals surface area contributed by atoms with Crippen molar-refractivity contribution in [1.29, 1.82) is 0 Å². The maximum absolute atomic E-state index is 11.5. The van der Waals surface area contributed by atoms with E-state index in [4.69, 9.17) is 5.11 Å². The fourth-order valence-corrected chi connectivity index (χ4v) is 2.23. The van der Waals surface area contributed by atoms with Crippen LogP contribution in [0.3, 0.4) is 0 Å². The molecule has 0 aliphatic heterocycles. The Morgan fingerprint density at radius 3 is 3.00 bits per heavy atom. The number of thioether (sulfide) groups is 1. The van der Waals surface area contributed by atoms with Crippen LogP contribution in [0.2, 0.25) is 0 Å². The molecule has 3 nitrogen and oxygen atoms in total. The van der Waals surface area contributed by atoms with Gasteiger partial charge in [-0.1, -0.05) is 22.0 Å². The number of benzene rings is 1. The molecule has 0 saturated carbocycles. The topological polar surface area (TPSA) is 49.3 Å². The molecule has 2 N–H and O–H groups in total. The zero-order valence-corrected chi connectivity index (χ0v) is 11.2. The van der Waals surface area contributed by atoms with Gasteiger partial charge in [0.1, 0.15) is 0 Å². The Hall–Kier alpha value is -0.520. The third-order valence-electron chi connectivity index (χ3n) is 1.79. The third kappa shape index (κ3) is 5.53. The third-order valence-corrected chi connectivity index (χ3v) is 3.33. The van der Waals surface area contributed by atoms with Gasteiger partial charge < -0.3 is 10.4 Å². The molecule has 0 atom stereocenters. The molecule has 0 saturated heterocycles. The van der Waals surface area contributed by atoms with Crippen molar-refractivity contribution in [3.05, 3.63) is 28.7 Å². The van der Waals surface area contributed by atoms with Crippen LogP contribution in [0.25, 0.3) is 0 Å². The number of aliphatic hydroxyl groups is 1. The van der Waals surface area contributed by atoms with E-state index in [0.29, 0.717) is 5.75 Å². The summed E-state index contributed by atoms with van der Waals surface area (Å²) in [4.78, 5) is 11.5. The van der Waals surface area contributed by atoms with Gasteiger partial charge in [0.2, 0.25) is 5.91 Å². The fraction of sp³-hybridized carbons (Fsp3) is 0.364. The minimum Gasteiger partial charge on any atom is -0.396 e. The number of hydrogen-bond acceptors (Lipinski definition) is 3. The standard InChI is InChI=1S/C11H14BrNO2S/c12-9-3-1-4-10(7-9)13-11(15)8-16-6-2-5-14/h1,3-4,7,14H,2,5-6,8H2,(H,13,15). The van der Waals surface area contributed by atoms with Crippen molar-refractivity contribution in [2.24, 2.45) is 0 Å². The lowest BCUT2D eigenvalue weighted by Gasteiger charge is -2.05. The van der Waals surface area contributed by atoms with E-state index >= 15 is 0 Å². The molecule has 1 aromatic carbocycles. The monoisotopic (exact) mass is 303 g/mol. The highest BCUT2D eigenvalue weighted by molar-refractivity contribution is 9.10. The molecule has 0 fully saturated rings. The molecule has 5 heteroatoms. The smallest absolute Gasteiger partial charge is 0.234 e. The van der Waals surface area contributed by atoms with Crippen molar-refractivity contribution in [2.45, 2.75) is 6.42 Å². The largest absolute Gasteiger partial charge is 0.396 e. The van der Waals surface area contributed by atoms with Gasteiger partial charge in [-0.15, -0.1) is 0 Å². The van der Waals surface area contributed by atoms with Crippen molar-refractivity contribution in [1.82, 2.24) is 0 Å². The summed E-state index contributed by atoms with van der Waals surface area (Å²) in [6, 6.07) is 7.49. The molecule has 88 valence electrons. The molecule has 1 amide bonds. The number of rotatable bonds is 6. The first-order valence-corrected chi connectivity index (χ1v) is 6.91. The van der Waals surface area contributed by atoms with Crippen molar-refractivity contribution in [2.75, 3.05) is 23.4 Å². The molecular weight excluding hydrogens is 290 g/mol. The molecule has 0 spiro atoms. The van der Waals surface area contributed by atoms with Crippen LogP contribution in [0.5, 0.6) is 0 Å². The van der Waals surface area contributed by atoms with Gasteiger partial charge in [-0.2, -0.15) is 11.8 Å². The minimum atomic E-state index is -0.0129. The second-order valence-electron chi connectivity index (χ2n) is 3.19. The molecule has 0 aliphatic carbocycles. The van der Waals surface area contributed by atoms with Crippen molar-refractivity contribution in [3.8, 4) is 0 Å². The van der Waals surface area contributed by atoms with Crippen LogP contribution in [0, 0.1) is 0 Å². The summed E-state index contributed by atoms with van der Waals surface area (Å²) >= 11 is 4.87. The second kappa shape index (κ2) is 7.70. The maximum Gasteiger partial charge on any atom is 0.234 e. The lowest BCUT2D eigenvalue weighted by atomic mass is 10.3. The molecule has 0 heterocycles. The Morgan fingerprint density at radius 2 is 2.31 bits per heavy atom. The summed E-state index contributed by atoms with van der Waals surface area (Å²) in [5.41, 5.74) is 0.794. The SMILES string of the molecule is O=C(CSCCCO)Nc1cccc(Br)c1. The van der Waals surface area contributed by atoms with Gasteiger partial charge in [-0.3, -0.25) is 4.79 Å². The summed E-state index contributed by atoms with van der Waals surface area (Å²) in [7, 11) is 0. The van der Waals surface area contributed by atoms with Gasteiger partial charge in [0.05, 0.1) is 5.75 Å². The normalized spacial score (nSPS) is 10.1. The Kier molecular flexibility index (Phi) is 6.52. The number of amides is 1. The van der Waals surface area contributed by atoms with E-state index < -0.39 is 0 Å². The zero-order chi connectivity index (χ0) is 11.8. The van der Waals surface area contributed by atoms with Crippen molar-refractivity contribution < 1.29 is 9.90 Å². The summed E-state index contributed by atoms with van der Waals surface area (Å²) in [6.45, 7) is 0.181. The summed E-state index contributed by atoms with van der Waals surface area (Å²) in [6.07, 6.45) is 0.731. The van der Waals surface area contributed by atoms with E-state index in [2.05, 4.69) is 21.2 Å². The number of aliphatic hydroxyl groups excluding tert-OH is 1. The predicted octanol–water partition coefficient (Wildman–Crippen LogP) is 2.50. The highest BCUT2D eigenvalue weighted by atomic mass is 79.9. The van der Waals surface area contributed by atoms with Gasteiger partial charge in [-0.25, -0.2) is 0 Å². The Balaban J connectivity index is 2.29. The minimum absolute atomic E-state index is 0.0129. The van der Waals surface area contributed by atoms with E-state index in [1.54, 1.807) is 0 Å². The average Bonchev–Trinajstić information content (AvgIpc) is 2.24. The van der Waals surface area contributed by atoms with Crippen LogP contribution >= 0.6 is 27.7 Å². The van der Waals surface area contributed by atoms with E-state index in [-0.39, 0.29) is 12.5 Å². The number of halogens is 1. The molecule has 1 aromatic rings. The van der Waals surface area contributed by atoms with Crippen LogP contribution in [-0.2, 0) is 4.79 Å². The molecule has 0 aliphatic rings. The number of carbonyl (C=O) groups is 1.